The van der Waals surface area contributed by atoms with Gasteiger partial charge in [0.15, 0.2) is 0 Å². The summed E-state index contributed by atoms with van der Waals surface area (Å²) in [5.41, 5.74) is 4.81. The van der Waals surface area contributed by atoms with Gasteiger partial charge in [0.2, 0.25) is 0 Å². The van der Waals surface area contributed by atoms with Gasteiger partial charge in [0.1, 0.15) is 93.3 Å². The molecule has 0 bridgehead atoms. The fourth-order valence-corrected chi connectivity index (χ4v) is 14.5. The lowest BCUT2D eigenvalue weighted by Gasteiger charge is -2.19. The second-order valence-electron chi connectivity index (χ2n) is 27.1. The van der Waals surface area contributed by atoms with Crippen molar-refractivity contribution in [3.8, 4) is 51.7 Å². The van der Waals surface area contributed by atoms with E-state index in [-0.39, 0.29) is 71.9 Å². The lowest BCUT2D eigenvalue weighted by molar-refractivity contribution is -0.143. The molecule has 0 spiro atoms. The molecule has 604 valence electrons. The summed E-state index contributed by atoms with van der Waals surface area (Å²) in [5.74, 6) is 4.45. The molecule has 0 amide bonds. The number of furan rings is 3. The smallest absolute Gasteiger partial charge is 0.330 e. The highest BCUT2D eigenvalue weighted by Gasteiger charge is 2.31. The number of phenols is 3. The van der Waals surface area contributed by atoms with Crippen LogP contribution in [0.1, 0.15) is 62.6 Å². The van der Waals surface area contributed by atoms with E-state index >= 15 is 0 Å². The van der Waals surface area contributed by atoms with E-state index in [1.807, 2.05) is 172 Å². The van der Waals surface area contributed by atoms with Crippen molar-refractivity contribution in [2.45, 2.75) is 58.8 Å². The predicted octanol–water partition coefficient (Wildman–Crippen LogP) is 21.0. The molecule has 23 heteroatoms. The number of ether oxygens (including phenoxy) is 9. The summed E-state index contributed by atoms with van der Waals surface area (Å²) >= 11 is 6.89. The molecule has 0 saturated heterocycles. The van der Waals surface area contributed by atoms with E-state index in [4.69, 9.17) is 55.9 Å². The molecule has 15 aromatic rings. The molecular weight excluding hydrogens is 1620 g/mol. The van der Waals surface area contributed by atoms with E-state index in [1.165, 1.54) is 6.08 Å². The molecule has 16 rings (SSSR count). The van der Waals surface area contributed by atoms with Crippen LogP contribution in [-0.4, -0.2) is 132 Å². The number of carbonyl (C=O) groups excluding carboxylic acids is 5. The number of hydrogen-bond acceptors (Lipinski definition) is 21. The third-order valence-electron chi connectivity index (χ3n) is 19.1. The van der Waals surface area contributed by atoms with Gasteiger partial charge < -0.3 is 76.1 Å². The Kier molecular flexibility index (Phi) is 29.6. The average molecular weight is 1710 g/mol. The molecule has 0 aliphatic heterocycles. The SMILES string of the molecule is CCOC(=O)/C=C/COc1ccc2cc(OC)ccc2c1Br.CCOC(=O)Cc1coc2ccc3cc(O)ccc3c12.CCOC(=O)Cc1coc2ccc3cc(OC)ccc3c12.CN(C)CCOc1ccc2c(ccc3occ(C4CCC(=O)CC4=O)c32)c1.COc1ccc2c(Br)c(O)ccc2c1.COc1ccc2cc(O)ccc2c1. The highest BCUT2D eigenvalue weighted by molar-refractivity contribution is 9.11. The van der Waals surface area contributed by atoms with Crippen molar-refractivity contribution < 1.29 is 95.2 Å². The first-order chi connectivity index (χ1) is 56.6. The van der Waals surface area contributed by atoms with Gasteiger partial charge in [-0.2, -0.15) is 0 Å². The van der Waals surface area contributed by atoms with E-state index in [2.05, 4.69) is 36.8 Å². The Balaban J connectivity index is 0.000000140. The predicted molar refractivity (Wildman–Crippen MR) is 462 cm³/mol. The fourth-order valence-electron chi connectivity index (χ4n) is 13.4. The molecule has 21 nitrogen and oxygen atoms in total. The molecule has 1 fully saturated rings. The first-order valence-corrected chi connectivity index (χ1v) is 39.3. The summed E-state index contributed by atoms with van der Waals surface area (Å²) in [6.45, 7) is 8.23. The van der Waals surface area contributed by atoms with E-state index < -0.39 is 0 Å². The molecule has 1 saturated carbocycles. The Hall–Kier alpha value is -12.6. The maximum atomic E-state index is 12.4. The minimum Gasteiger partial charge on any atom is -0.508 e. The Labute approximate surface area is 691 Å². The Morgan fingerprint density at radius 1 is 0.470 bits per heavy atom. The van der Waals surface area contributed by atoms with Gasteiger partial charge in [-0.05, 0) is 289 Å². The average Bonchev–Trinajstić information content (AvgIpc) is 1.65. The van der Waals surface area contributed by atoms with Gasteiger partial charge in [0.05, 0.1) is 95.3 Å². The standard InChI is InChI=1S/C22H23NO4.C17H17BrO4.C17H16O4.C16H14O4.C11H9BrO2.C11H10O2/c1-23(2)9-10-26-16-5-7-17-14(11-16)3-8-21-22(17)19(13-27-21)18-6-4-15(24)12-20(18)25;1-3-21-16(19)5-4-10-22-15-9-6-12-11-13(20-2)7-8-14(12)17(15)18;1-3-20-16(18)9-12-10-21-15-7-4-11-8-13(19-2)5-6-14(11)17(12)15;1-2-19-15(18)8-11-9-20-14-6-3-10-7-12(17)4-5-13(10)16(11)14;1-14-8-3-4-9-7(6-8)2-5-10(13)11(9)12;1-13-11-5-3-8-6-10(12)4-2-9(8)7-11/h3,5,7-8,11,13,18H,4,6,9-10,12H2,1-2H3;4-9,11H,3,10H2,1-2H3;4-8,10H,3,9H2,1-2H3;3-7,9,17H,2,8H2,1H3;2-6,13H,1H3;2-7,12H,1H3/b;5-4+;;;;. The zero-order chi connectivity index (χ0) is 83.2. The minimum atomic E-state index is -0.365. The van der Waals surface area contributed by atoms with Crippen LogP contribution in [0.25, 0.3) is 97.5 Å². The van der Waals surface area contributed by atoms with Gasteiger partial charge in [0.25, 0.3) is 0 Å². The highest BCUT2D eigenvalue weighted by Crippen LogP contribution is 2.41. The van der Waals surface area contributed by atoms with Crippen molar-refractivity contribution in [3.05, 3.63) is 245 Å². The molecule has 1 aliphatic carbocycles. The van der Waals surface area contributed by atoms with Crippen LogP contribution in [-0.2, 0) is 51.0 Å². The van der Waals surface area contributed by atoms with Crippen LogP contribution in [0.3, 0.4) is 0 Å². The van der Waals surface area contributed by atoms with Crippen LogP contribution < -0.4 is 28.4 Å². The Morgan fingerprint density at radius 2 is 0.889 bits per heavy atom. The molecule has 0 radical (unpaired) electrons. The number of methoxy groups -OCH3 is 4. The number of phenolic OH excluding ortho intramolecular Hbond substituents is 3. The molecular formula is C94H89Br2NO20. The van der Waals surface area contributed by atoms with Crippen molar-refractivity contribution >= 4 is 159 Å². The fraction of sp³-hybridized carbons (Fsp3) is 0.223. The van der Waals surface area contributed by atoms with Crippen LogP contribution in [0.2, 0.25) is 0 Å². The van der Waals surface area contributed by atoms with Crippen LogP contribution in [0.4, 0.5) is 0 Å². The topological polar surface area (TPSA) is 272 Å². The first-order valence-electron chi connectivity index (χ1n) is 37.7. The molecule has 3 N–H and O–H groups in total. The van der Waals surface area contributed by atoms with Gasteiger partial charge in [-0.1, -0.05) is 42.5 Å². The maximum absolute atomic E-state index is 12.4. The van der Waals surface area contributed by atoms with Gasteiger partial charge in [-0.3, -0.25) is 19.2 Å². The maximum Gasteiger partial charge on any atom is 0.330 e. The molecule has 3 aromatic heterocycles. The molecule has 117 heavy (non-hydrogen) atoms. The Bertz CT molecular complexity index is 6100. The van der Waals surface area contributed by atoms with Crippen molar-refractivity contribution in [3.63, 3.8) is 0 Å². The lowest BCUT2D eigenvalue weighted by Crippen LogP contribution is -2.23. The van der Waals surface area contributed by atoms with Gasteiger partial charge in [-0.15, -0.1) is 0 Å². The van der Waals surface area contributed by atoms with E-state index in [0.29, 0.717) is 51.6 Å². The van der Waals surface area contributed by atoms with Crippen LogP contribution in [0.15, 0.2) is 241 Å². The number of benzene rings is 12. The number of carbonyl (C=O) groups is 5. The summed E-state index contributed by atoms with van der Waals surface area (Å²) in [4.78, 5) is 60.6. The van der Waals surface area contributed by atoms with Crippen molar-refractivity contribution in [1.29, 1.82) is 0 Å². The second-order valence-corrected chi connectivity index (χ2v) is 28.7. The number of aromatic hydroxyl groups is 3. The lowest BCUT2D eigenvalue weighted by atomic mass is 9.81. The second kappa shape index (κ2) is 40.6. The summed E-state index contributed by atoms with van der Waals surface area (Å²) in [6, 6.07) is 58.5. The van der Waals surface area contributed by atoms with E-state index in [9.17, 15) is 39.3 Å². The normalized spacial score (nSPS) is 12.4. The van der Waals surface area contributed by atoms with Crippen molar-refractivity contribution in [2.24, 2.45) is 0 Å². The number of Topliss-reactive ketones (excluding diaryl/α,β-unsaturated/α-hetero) is 2. The van der Waals surface area contributed by atoms with E-state index in [1.54, 1.807) is 104 Å². The third-order valence-corrected chi connectivity index (χ3v) is 20.8. The zero-order valence-corrected chi connectivity index (χ0v) is 69.3. The van der Waals surface area contributed by atoms with Crippen molar-refractivity contribution in [2.75, 3.05) is 82.1 Å². The van der Waals surface area contributed by atoms with Crippen LogP contribution in [0, 0.1) is 0 Å². The number of hydrogen-bond donors (Lipinski definition) is 3. The number of nitrogens with zero attached hydrogens (tertiary/aromatic N) is 1. The van der Waals surface area contributed by atoms with Gasteiger partial charge >= 0.3 is 17.9 Å². The number of esters is 3. The Morgan fingerprint density at radius 3 is 1.44 bits per heavy atom. The summed E-state index contributed by atoms with van der Waals surface area (Å²) in [6.07, 6.45) is 9.35. The number of fused-ring (bicyclic) bond motifs is 12. The van der Waals surface area contributed by atoms with Crippen molar-refractivity contribution in [1.82, 2.24) is 4.90 Å². The number of ketones is 2. The van der Waals surface area contributed by atoms with Crippen LogP contribution in [0.5, 0.6) is 51.7 Å². The highest BCUT2D eigenvalue weighted by atomic mass is 79.9. The molecule has 1 atom stereocenters. The van der Waals surface area contributed by atoms with Gasteiger partial charge in [0, 0.05) is 57.8 Å². The number of rotatable bonds is 20. The third kappa shape index (κ3) is 21.7. The number of likely N-dealkylation sites (N-methyl/N-ethyl adjacent to an activating group) is 1. The monoisotopic (exact) mass is 1710 g/mol. The van der Waals surface area contributed by atoms with E-state index in [0.717, 1.165) is 158 Å². The molecule has 3 heterocycles. The zero-order valence-electron chi connectivity index (χ0n) is 66.1. The molecule has 1 unspecified atom stereocenters. The minimum absolute atomic E-state index is 0.00501. The number of halogens is 2. The summed E-state index contributed by atoms with van der Waals surface area (Å²) in [5, 5.41) is 43.3. The summed E-state index contributed by atoms with van der Waals surface area (Å²) < 4.78 is 65.3. The molecule has 1 aliphatic rings. The molecule has 12 aromatic carbocycles. The first kappa shape index (κ1) is 85.3. The van der Waals surface area contributed by atoms with Crippen LogP contribution >= 0.6 is 31.9 Å². The quantitative estimate of drug-likeness (QED) is 0.0277. The van der Waals surface area contributed by atoms with Gasteiger partial charge in [-0.25, -0.2) is 4.79 Å². The largest absolute Gasteiger partial charge is 0.508 e. The summed E-state index contributed by atoms with van der Waals surface area (Å²) in [7, 11) is 10.6.